The second-order valence-corrected chi connectivity index (χ2v) is 3.90. The van der Waals surface area contributed by atoms with Crippen LogP contribution < -0.4 is 0 Å². The fraction of sp³-hybridized carbons (Fsp3) is 0.0667. The predicted molar refractivity (Wildman–Crippen MR) is 68.4 cm³/mol. The third-order valence-corrected chi connectivity index (χ3v) is 2.58. The van der Waals surface area contributed by atoms with Crippen molar-refractivity contribution in [2.45, 2.75) is 6.61 Å². The number of hydrogen-bond donors (Lipinski definition) is 1. The van der Waals surface area contributed by atoms with Crippen molar-refractivity contribution in [3.05, 3.63) is 65.2 Å². The average Bonchev–Trinajstić information content (AvgIpc) is 2.46. The zero-order valence-corrected chi connectivity index (χ0v) is 10.0. The molecule has 0 unspecified atom stereocenters. The summed E-state index contributed by atoms with van der Waals surface area (Å²) in [4.78, 5) is 11.7. The molecule has 2 aromatic rings. The van der Waals surface area contributed by atoms with Crippen molar-refractivity contribution in [2.75, 3.05) is 0 Å². The maximum Gasteiger partial charge on any atom is 0.342 e. The number of carbonyl (C=O) groups is 1. The molecule has 0 saturated heterocycles. The molecule has 0 amide bonds. The van der Waals surface area contributed by atoms with Crippen LogP contribution in [0.4, 0.5) is 0 Å². The average molecular weight is 253 g/mol. The van der Waals surface area contributed by atoms with Crippen LogP contribution in [0.3, 0.4) is 0 Å². The van der Waals surface area contributed by atoms with Crippen LogP contribution in [0.1, 0.15) is 21.5 Å². The lowest BCUT2D eigenvalue weighted by Gasteiger charge is -2.06. The van der Waals surface area contributed by atoms with E-state index in [1.807, 2.05) is 6.07 Å². The minimum atomic E-state index is -0.581. The highest BCUT2D eigenvalue weighted by Crippen LogP contribution is 2.17. The lowest BCUT2D eigenvalue weighted by atomic mass is 10.1. The molecule has 0 fully saturated rings. The Morgan fingerprint density at radius 1 is 1.16 bits per heavy atom. The van der Waals surface area contributed by atoms with Crippen molar-refractivity contribution >= 4 is 5.97 Å². The molecule has 1 N–H and O–H groups in total. The number of ether oxygens (including phenoxy) is 1. The first kappa shape index (κ1) is 12.7. The van der Waals surface area contributed by atoms with Gasteiger partial charge in [-0.15, -0.1) is 0 Å². The Morgan fingerprint density at radius 3 is 2.47 bits per heavy atom. The molecule has 4 heteroatoms. The van der Waals surface area contributed by atoms with E-state index in [-0.39, 0.29) is 17.9 Å². The van der Waals surface area contributed by atoms with Crippen LogP contribution in [0.2, 0.25) is 0 Å². The topological polar surface area (TPSA) is 70.3 Å². The highest BCUT2D eigenvalue weighted by molar-refractivity contribution is 5.92. The van der Waals surface area contributed by atoms with E-state index in [1.54, 1.807) is 36.4 Å². The molecule has 0 aliphatic carbocycles. The number of benzene rings is 2. The van der Waals surface area contributed by atoms with Crippen molar-refractivity contribution in [3.63, 3.8) is 0 Å². The molecular formula is C15H11NO3. The van der Waals surface area contributed by atoms with Gasteiger partial charge in [-0.2, -0.15) is 5.26 Å². The van der Waals surface area contributed by atoms with Crippen molar-refractivity contribution in [1.29, 1.82) is 5.26 Å². The number of nitriles is 1. The van der Waals surface area contributed by atoms with Gasteiger partial charge in [0.1, 0.15) is 17.9 Å². The Kier molecular flexibility index (Phi) is 3.79. The summed E-state index contributed by atoms with van der Waals surface area (Å²) in [6, 6.07) is 15.0. The minimum Gasteiger partial charge on any atom is -0.507 e. The summed E-state index contributed by atoms with van der Waals surface area (Å²) in [6.45, 7) is 0.0961. The lowest BCUT2D eigenvalue weighted by molar-refractivity contribution is 0.0469. The fourth-order valence-electron chi connectivity index (χ4n) is 1.55. The van der Waals surface area contributed by atoms with Crippen LogP contribution in [0.15, 0.2) is 48.5 Å². The van der Waals surface area contributed by atoms with Gasteiger partial charge in [0, 0.05) is 0 Å². The molecule has 19 heavy (non-hydrogen) atoms. The van der Waals surface area contributed by atoms with Crippen LogP contribution >= 0.6 is 0 Å². The monoisotopic (exact) mass is 253 g/mol. The zero-order valence-electron chi connectivity index (χ0n) is 10.0. The molecule has 2 aromatic carbocycles. The molecule has 0 atom stereocenters. The Bertz CT molecular complexity index is 627. The number of phenolic OH excluding ortho intramolecular Hbond substituents is 1. The highest BCUT2D eigenvalue weighted by Gasteiger charge is 2.11. The molecule has 0 saturated carbocycles. The number of phenols is 1. The molecule has 0 heterocycles. The summed E-state index contributed by atoms with van der Waals surface area (Å²) < 4.78 is 5.09. The maximum atomic E-state index is 11.7. The molecule has 0 bridgehead atoms. The van der Waals surface area contributed by atoms with E-state index in [0.29, 0.717) is 5.56 Å². The van der Waals surface area contributed by atoms with E-state index >= 15 is 0 Å². The predicted octanol–water partition coefficient (Wildman–Crippen LogP) is 2.62. The van der Waals surface area contributed by atoms with Crippen molar-refractivity contribution in [1.82, 2.24) is 0 Å². The van der Waals surface area contributed by atoms with Crippen LogP contribution in [0.5, 0.6) is 5.75 Å². The molecule has 4 nitrogen and oxygen atoms in total. The number of esters is 1. The number of aromatic hydroxyl groups is 1. The molecule has 0 spiro atoms. The largest absolute Gasteiger partial charge is 0.507 e. The first-order valence-electron chi connectivity index (χ1n) is 5.65. The summed E-state index contributed by atoms with van der Waals surface area (Å²) in [5.74, 6) is -0.685. The quantitative estimate of drug-likeness (QED) is 0.853. The van der Waals surface area contributed by atoms with E-state index < -0.39 is 5.97 Å². The normalized spacial score (nSPS) is 9.63. The Balaban J connectivity index is 2.01. The number of hydrogen-bond acceptors (Lipinski definition) is 4. The summed E-state index contributed by atoms with van der Waals surface area (Å²) in [7, 11) is 0. The van der Waals surface area contributed by atoms with Crippen LogP contribution in [-0.4, -0.2) is 11.1 Å². The van der Waals surface area contributed by atoms with E-state index in [4.69, 9.17) is 10.00 Å². The van der Waals surface area contributed by atoms with Gasteiger partial charge in [-0.25, -0.2) is 4.79 Å². The van der Waals surface area contributed by atoms with Crippen LogP contribution in [0.25, 0.3) is 0 Å². The van der Waals surface area contributed by atoms with E-state index in [9.17, 15) is 9.90 Å². The minimum absolute atomic E-state index is 0.0961. The zero-order chi connectivity index (χ0) is 13.7. The van der Waals surface area contributed by atoms with Gasteiger partial charge in [0.2, 0.25) is 0 Å². The van der Waals surface area contributed by atoms with E-state index in [2.05, 4.69) is 0 Å². The number of para-hydroxylation sites is 1. The Labute approximate surface area is 110 Å². The first-order valence-corrected chi connectivity index (χ1v) is 5.65. The van der Waals surface area contributed by atoms with Crippen molar-refractivity contribution in [3.8, 4) is 11.8 Å². The third-order valence-electron chi connectivity index (χ3n) is 2.58. The SMILES string of the molecule is N#Cc1ccc(COC(=O)c2ccccc2O)cc1. The van der Waals surface area contributed by atoms with Crippen LogP contribution in [-0.2, 0) is 11.3 Å². The number of rotatable bonds is 3. The van der Waals surface area contributed by atoms with Crippen molar-refractivity contribution < 1.29 is 14.6 Å². The van der Waals surface area contributed by atoms with Gasteiger partial charge in [-0.05, 0) is 29.8 Å². The van der Waals surface area contributed by atoms with E-state index in [1.165, 1.54) is 12.1 Å². The third kappa shape index (κ3) is 3.11. The molecule has 0 radical (unpaired) electrons. The Morgan fingerprint density at radius 2 is 1.84 bits per heavy atom. The van der Waals surface area contributed by atoms with E-state index in [0.717, 1.165) is 5.56 Å². The molecule has 2 rings (SSSR count). The smallest absolute Gasteiger partial charge is 0.342 e. The van der Waals surface area contributed by atoms with Gasteiger partial charge in [-0.1, -0.05) is 24.3 Å². The van der Waals surface area contributed by atoms with Gasteiger partial charge >= 0.3 is 5.97 Å². The second kappa shape index (κ2) is 5.69. The lowest BCUT2D eigenvalue weighted by Crippen LogP contribution is -2.05. The van der Waals surface area contributed by atoms with Gasteiger partial charge in [0.15, 0.2) is 0 Å². The second-order valence-electron chi connectivity index (χ2n) is 3.90. The maximum absolute atomic E-state index is 11.7. The Hall–Kier alpha value is -2.80. The number of carbonyl (C=O) groups excluding carboxylic acids is 1. The van der Waals surface area contributed by atoms with Crippen molar-refractivity contribution in [2.24, 2.45) is 0 Å². The molecule has 94 valence electrons. The van der Waals surface area contributed by atoms with Gasteiger partial charge in [0.25, 0.3) is 0 Å². The highest BCUT2D eigenvalue weighted by atomic mass is 16.5. The number of nitrogens with zero attached hydrogens (tertiary/aromatic N) is 1. The molecule has 0 aliphatic heterocycles. The van der Waals surface area contributed by atoms with Gasteiger partial charge in [0.05, 0.1) is 11.6 Å². The fourth-order valence-corrected chi connectivity index (χ4v) is 1.55. The first-order chi connectivity index (χ1) is 9.20. The molecular weight excluding hydrogens is 242 g/mol. The summed E-state index contributed by atoms with van der Waals surface area (Å²) >= 11 is 0. The van der Waals surface area contributed by atoms with Crippen LogP contribution in [0, 0.1) is 11.3 Å². The molecule has 0 aromatic heterocycles. The summed E-state index contributed by atoms with van der Waals surface area (Å²) in [6.07, 6.45) is 0. The van der Waals surface area contributed by atoms with Gasteiger partial charge in [-0.3, -0.25) is 0 Å². The van der Waals surface area contributed by atoms with Gasteiger partial charge < -0.3 is 9.84 Å². The molecule has 0 aliphatic rings. The summed E-state index contributed by atoms with van der Waals surface area (Å²) in [5.41, 5.74) is 1.47. The summed E-state index contributed by atoms with van der Waals surface area (Å²) in [5, 5.41) is 18.2. The standard InChI is InChI=1S/C15H11NO3/c16-9-11-5-7-12(8-6-11)10-19-15(18)13-3-1-2-4-14(13)17/h1-8,17H,10H2.